The Morgan fingerprint density at radius 1 is 1.04 bits per heavy atom. The molecule has 1 saturated heterocycles. The molecule has 1 fully saturated rings. The van der Waals surface area contributed by atoms with Crippen LogP contribution >= 0.6 is 0 Å². The van der Waals surface area contributed by atoms with Gasteiger partial charge in [-0.2, -0.15) is 0 Å². The summed E-state index contributed by atoms with van der Waals surface area (Å²) in [7, 11) is 0. The molecule has 2 aromatic heterocycles. The maximum absolute atomic E-state index is 5.68. The van der Waals surface area contributed by atoms with Crippen molar-refractivity contribution in [2.75, 3.05) is 24.5 Å². The zero-order valence-corrected chi connectivity index (χ0v) is 14.5. The van der Waals surface area contributed by atoms with Crippen LogP contribution in [0, 0.1) is 0 Å². The number of benzene rings is 1. The van der Waals surface area contributed by atoms with Crippen molar-refractivity contribution < 1.29 is 0 Å². The van der Waals surface area contributed by atoms with Gasteiger partial charge in [-0.15, -0.1) is 0 Å². The molecule has 3 N–H and O–H groups in total. The molecule has 0 unspecified atom stereocenters. The van der Waals surface area contributed by atoms with E-state index in [2.05, 4.69) is 40.2 Å². The van der Waals surface area contributed by atoms with Gasteiger partial charge in [-0.3, -0.25) is 0 Å². The van der Waals surface area contributed by atoms with Crippen LogP contribution in [0.1, 0.15) is 31.5 Å². The van der Waals surface area contributed by atoms with Crippen LogP contribution in [0.3, 0.4) is 0 Å². The number of anilines is 1. The van der Waals surface area contributed by atoms with Gasteiger partial charge in [0.1, 0.15) is 11.3 Å². The molecular weight excluding hydrogens is 310 g/mol. The second-order valence-electron chi connectivity index (χ2n) is 6.71. The maximum atomic E-state index is 5.68. The Kier molecular flexibility index (Phi) is 4.65. The van der Waals surface area contributed by atoms with Crippen molar-refractivity contribution in [2.45, 2.75) is 32.1 Å². The van der Waals surface area contributed by atoms with Crippen molar-refractivity contribution in [2.24, 2.45) is 5.73 Å². The minimum Gasteiger partial charge on any atom is -0.355 e. The normalized spacial score (nSPS) is 15.0. The van der Waals surface area contributed by atoms with Crippen LogP contribution in [0.25, 0.3) is 22.3 Å². The molecule has 3 aromatic rings. The first kappa shape index (κ1) is 16.1. The molecule has 5 heteroatoms. The molecular formula is C20H25N5. The Bertz CT molecular complexity index is 834. The Hall–Kier alpha value is -2.40. The average Bonchev–Trinajstić information content (AvgIpc) is 3.11. The van der Waals surface area contributed by atoms with E-state index in [4.69, 9.17) is 15.7 Å². The molecule has 1 aliphatic heterocycles. The zero-order valence-electron chi connectivity index (χ0n) is 14.5. The van der Waals surface area contributed by atoms with Gasteiger partial charge < -0.3 is 15.6 Å². The van der Waals surface area contributed by atoms with Crippen molar-refractivity contribution >= 4 is 16.9 Å². The number of hydrogen-bond acceptors (Lipinski definition) is 4. The summed E-state index contributed by atoms with van der Waals surface area (Å²) in [5.74, 6) is 1.95. The highest BCUT2D eigenvalue weighted by Gasteiger charge is 2.19. The topological polar surface area (TPSA) is 70.8 Å². The second-order valence-corrected chi connectivity index (χ2v) is 6.71. The third-order valence-corrected chi connectivity index (χ3v) is 4.85. The molecule has 4 rings (SSSR count). The number of fused-ring (bicyclic) bond motifs is 1. The molecule has 25 heavy (non-hydrogen) atoms. The minimum absolute atomic E-state index is 0.669. The van der Waals surface area contributed by atoms with Crippen molar-refractivity contribution in [3.63, 3.8) is 0 Å². The number of H-pyrrole nitrogens is 1. The Balaban J connectivity index is 1.80. The molecule has 0 radical (unpaired) electrons. The number of nitrogens with zero attached hydrogens (tertiary/aromatic N) is 3. The lowest BCUT2D eigenvalue weighted by molar-refractivity contribution is 0.573. The summed E-state index contributed by atoms with van der Waals surface area (Å²) < 4.78 is 0. The van der Waals surface area contributed by atoms with E-state index in [1.54, 1.807) is 0 Å². The van der Waals surface area contributed by atoms with Crippen LogP contribution in [0.5, 0.6) is 0 Å². The number of rotatable bonds is 5. The summed E-state index contributed by atoms with van der Waals surface area (Å²) in [4.78, 5) is 15.7. The van der Waals surface area contributed by atoms with E-state index in [1.165, 1.54) is 24.8 Å². The Morgan fingerprint density at radius 3 is 2.60 bits per heavy atom. The Labute approximate surface area is 148 Å². The van der Waals surface area contributed by atoms with Crippen LogP contribution in [0.2, 0.25) is 0 Å². The van der Waals surface area contributed by atoms with Crippen LogP contribution < -0.4 is 10.6 Å². The van der Waals surface area contributed by atoms with E-state index in [0.29, 0.717) is 6.54 Å². The van der Waals surface area contributed by atoms with E-state index < -0.39 is 0 Å². The van der Waals surface area contributed by atoms with Crippen LogP contribution in [-0.4, -0.2) is 34.6 Å². The van der Waals surface area contributed by atoms with E-state index in [1.807, 2.05) is 6.07 Å². The fraction of sp³-hybridized carbons (Fsp3) is 0.400. The molecule has 0 amide bonds. The van der Waals surface area contributed by atoms with Gasteiger partial charge in [0.25, 0.3) is 0 Å². The summed E-state index contributed by atoms with van der Waals surface area (Å²) in [6, 6.07) is 12.5. The van der Waals surface area contributed by atoms with Crippen molar-refractivity contribution in [1.82, 2.24) is 15.0 Å². The highest BCUT2D eigenvalue weighted by atomic mass is 15.2. The van der Waals surface area contributed by atoms with Gasteiger partial charge in [0.2, 0.25) is 0 Å². The number of nitrogens with two attached hydrogens (primary N) is 1. The number of aromatic nitrogens is 3. The maximum Gasteiger partial charge on any atom is 0.156 e. The van der Waals surface area contributed by atoms with Crippen molar-refractivity contribution in [1.29, 1.82) is 0 Å². The minimum atomic E-state index is 0.669. The van der Waals surface area contributed by atoms with Crippen LogP contribution in [0.15, 0.2) is 36.4 Å². The van der Waals surface area contributed by atoms with E-state index >= 15 is 0 Å². The lowest BCUT2D eigenvalue weighted by Crippen LogP contribution is -2.30. The van der Waals surface area contributed by atoms with Crippen LogP contribution in [0.4, 0.5) is 5.82 Å². The highest BCUT2D eigenvalue weighted by Crippen LogP contribution is 2.30. The van der Waals surface area contributed by atoms with Crippen molar-refractivity contribution in [3.8, 4) is 11.3 Å². The summed E-state index contributed by atoms with van der Waals surface area (Å²) in [5.41, 5.74) is 10.0. The summed E-state index contributed by atoms with van der Waals surface area (Å²) in [5, 5.41) is 0. The standard InChI is InChI=1S/C20H25N5/c21-11-7-10-18-22-17-14-16(15-8-3-1-4-9-15)23-19(17)20(24-18)25-12-5-2-6-13-25/h1,3-4,8-9,14,23H,2,5-7,10-13,21H2. The fourth-order valence-corrected chi connectivity index (χ4v) is 3.52. The number of aromatic amines is 1. The highest BCUT2D eigenvalue weighted by molar-refractivity contribution is 5.90. The smallest absolute Gasteiger partial charge is 0.156 e. The monoisotopic (exact) mass is 335 g/mol. The molecule has 130 valence electrons. The molecule has 3 heterocycles. The van der Waals surface area contributed by atoms with Gasteiger partial charge in [0.15, 0.2) is 5.82 Å². The number of nitrogens with one attached hydrogen (secondary N) is 1. The van der Waals surface area contributed by atoms with E-state index in [0.717, 1.165) is 54.3 Å². The lowest BCUT2D eigenvalue weighted by Gasteiger charge is -2.28. The third-order valence-electron chi connectivity index (χ3n) is 4.85. The largest absolute Gasteiger partial charge is 0.355 e. The predicted octanol–water partition coefficient (Wildman–Crippen LogP) is 3.51. The third kappa shape index (κ3) is 3.37. The van der Waals surface area contributed by atoms with Gasteiger partial charge in [-0.25, -0.2) is 9.97 Å². The van der Waals surface area contributed by atoms with E-state index in [-0.39, 0.29) is 0 Å². The molecule has 1 aliphatic rings. The average molecular weight is 335 g/mol. The second kappa shape index (κ2) is 7.23. The van der Waals surface area contributed by atoms with Gasteiger partial charge >= 0.3 is 0 Å². The predicted molar refractivity (Wildman–Crippen MR) is 103 cm³/mol. The molecule has 5 nitrogen and oxygen atoms in total. The molecule has 0 atom stereocenters. The van der Waals surface area contributed by atoms with Gasteiger partial charge in [-0.05, 0) is 43.9 Å². The first-order valence-electron chi connectivity index (χ1n) is 9.25. The lowest BCUT2D eigenvalue weighted by atomic mass is 10.1. The quantitative estimate of drug-likeness (QED) is 0.748. The Morgan fingerprint density at radius 2 is 1.84 bits per heavy atom. The molecule has 0 saturated carbocycles. The van der Waals surface area contributed by atoms with Gasteiger partial charge in [-0.1, -0.05) is 30.3 Å². The molecule has 1 aromatic carbocycles. The SMILES string of the molecule is NCCCc1nc(N2CCCCC2)c2[nH]c(-c3ccccc3)cc2n1. The number of aryl methyl sites for hydroxylation is 1. The first-order chi connectivity index (χ1) is 12.3. The summed E-state index contributed by atoms with van der Waals surface area (Å²) >= 11 is 0. The fourth-order valence-electron chi connectivity index (χ4n) is 3.52. The summed E-state index contributed by atoms with van der Waals surface area (Å²) in [6.45, 7) is 2.81. The van der Waals surface area contributed by atoms with Gasteiger partial charge in [0.05, 0.1) is 5.52 Å². The molecule has 0 spiro atoms. The van der Waals surface area contributed by atoms with Crippen LogP contribution in [-0.2, 0) is 6.42 Å². The first-order valence-corrected chi connectivity index (χ1v) is 9.25. The van der Waals surface area contributed by atoms with Gasteiger partial charge in [0, 0.05) is 25.2 Å². The number of piperidine rings is 1. The van der Waals surface area contributed by atoms with Crippen molar-refractivity contribution in [3.05, 3.63) is 42.2 Å². The molecule has 0 aliphatic carbocycles. The molecule has 0 bridgehead atoms. The zero-order chi connectivity index (χ0) is 17.1. The summed E-state index contributed by atoms with van der Waals surface area (Å²) in [6.07, 6.45) is 5.52. The van der Waals surface area contributed by atoms with E-state index in [9.17, 15) is 0 Å². The number of hydrogen-bond donors (Lipinski definition) is 2.